The second-order valence-corrected chi connectivity index (χ2v) is 8.86. The molecule has 0 amide bonds. The van der Waals surface area contributed by atoms with Crippen LogP contribution in [0.2, 0.25) is 0 Å². The Balaban J connectivity index is 0.000000162. The van der Waals surface area contributed by atoms with E-state index in [1.165, 1.54) is 16.2 Å². The number of H-pyrrole nitrogens is 1. The lowest BCUT2D eigenvalue weighted by Crippen LogP contribution is -2.15. The van der Waals surface area contributed by atoms with Gasteiger partial charge in [-0.2, -0.15) is 0 Å². The van der Waals surface area contributed by atoms with E-state index in [2.05, 4.69) is 9.97 Å². The summed E-state index contributed by atoms with van der Waals surface area (Å²) in [6.45, 7) is 0. The molecule has 2 aromatic heterocycles. The molecule has 0 spiro atoms. The highest BCUT2D eigenvalue weighted by atomic mass is 32.1. The zero-order chi connectivity index (χ0) is 24.2. The highest BCUT2D eigenvalue weighted by Gasteiger charge is 2.22. The molecule has 0 bridgehead atoms. The predicted octanol–water partition coefficient (Wildman–Crippen LogP) is 3.92. The fraction of sp³-hybridized carbons (Fsp3) is 0.240. The number of nitrogens with zero attached hydrogens (tertiary/aromatic N) is 1. The van der Waals surface area contributed by atoms with Crippen LogP contribution in [0.25, 0.3) is 10.2 Å². The summed E-state index contributed by atoms with van der Waals surface area (Å²) in [7, 11) is 3.30. The number of carboxylic acid groups (broad SMARTS) is 1. The Morgan fingerprint density at radius 2 is 1.59 bits per heavy atom. The number of carbonyl (C=O) groups is 1. The molecule has 4 N–H and O–H groups in total. The number of rotatable bonds is 5. The quantitative estimate of drug-likeness (QED) is 0.396. The van der Waals surface area contributed by atoms with Crippen LogP contribution in [0.3, 0.4) is 0 Å². The van der Waals surface area contributed by atoms with Gasteiger partial charge in [0.2, 0.25) is 5.82 Å². The number of aryl methyl sites for hydroxylation is 2. The van der Waals surface area contributed by atoms with Crippen LogP contribution in [0.15, 0.2) is 53.3 Å². The first-order valence-electron chi connectivity index (χ1n) is 10.7. The summed E-state index contributed by atoms with van der Waals surface area (Å²) in [5.41, 5.74) is 9.06. The van der Waals surface area contributed by atoms with E-state index in [1.807, 2.05) is 48.5 Å². The van der Waals surface area contributed by atoms with Gasteiger partial charge in [0.25, 0.3) is 5.56 Å². The van der Waals surface area contributed by atoms with Gasteiger partial charge in [-0.25, -0.2) is 9.78 Å². The summed E-state index contributed by atoms with van der Waals surface area (Å²) < 4.78 is 10.3. The van der Waals surface area contributed by atoms with Gasteiger partial charge >= 0.3 is 5.97 Å². The van der Waals surface area contributed by atoms with Crippen LogP contribution in [-0.2, 0) is 12.8 Å². The van der Waals surface area contributed by atoms with E-state index in [9.17, 15) is 9.59 Å². The summed E-state index contributed by atoms with van der Waals surface area (Å²) in [6.07, 6.45) is 2.93. The zero-order valence-electron chi connectivity index (χ0n) is 18.8. The van der Waals surface area contributed by atoms with Crippen molar-refractivity contribution in [1.29, 1.82) is 0 Å². The average molecular weight is 480 g/mol. The van der Waals surface area contributed by atoms with Gasteiger partial charge in [0.15, 0.2) is 0 Å². The Morgan fingerprint density at radius 1 is 1.03 bits per heavy atom. The zero-order valence-corrected chi connectivity index (χ0v) is 19.6. The minimum atomic E-state index is -1.20. The van der Waals surface area contributed by atoms with Crippen molar-refractivity contribution in [1.82, 2.24) is 9.97 Å². The van der Waals surface area contributed by atoms with E-state index in [0.29, 0.717) is 10.2 Å². The van der Waals surface area contributed by atoms with Gasteiger partial charge in [-0.3, -0.25) is 4.79 Å². The Labute approximate surface area is 200 Å². The number of hydrogen-bond acceptors (Lipinski definition) is 7. The fourth-order valence-corrected chi connectivity index (χ4v) is 5.18. The maximum atomic E-state index is 11.8. The minimum absolute atomic E-state index is 0.137. The van der Waals surface area contributed by atoms with Crippen LogP contribution in [-0.4, -0.2) is 35.3 Å². The number of thiophene rings is 1. The van der Waals surface area contributed by atoms with Gasteiger partial charge in [-0.15, -0.1) is 11.3 Å². The van der Waals surface area contributed by atoms with E-state index in [1.54, 1.807) is 14.2 Å². The maximum Gasteiger partial charge on any atom is 0.372 e. The molecule has 0 aliphatic heterocycles. The molecule has 0 atom stereocenters. The first-order chi connectivity index (χ1) is 16.4. The lowest BCUT2D eigenvalue weighted by Gasteiger charge is -2.13. The summed E-state index contributed by atoms with van der Waals surface area (Å²) >= 11 is 1.44. The lowest BCUT2D eigenvalue weighted by atomic mass is 9.99. The molecule has 9 heteroatoms. The van der Waals surface area contributed by atoms with Crippen molar-refractivity contribution in [2.24, 2.45) is 5.73 Å². The second-order valence-electron chi connectivity index (χ2n) is 7.78. The molecule has 0 radical (unpaired) electrons. The number of carboxylic acids is 1. The second kappa shape index (κ2) is 10.1. The SMILES string of the molecule is COc1ccc(C(N)c2ccc(OC)cc2)cc1.O=C(O)c1nc2sc3c(c2c(=O)[nH]1)CCC3. The molecular weight excluding hydrogens is 454 g/mol. The van der Waals surface area contributed by atoms with E-state index in [0.717, 1.165) is 47.5 Å². The number of nitrogens with one attached hydrogen (secondary N) is 1. The van der Waals surface area contributed by atoms with Gasteiger partial charge in [0.1, 0.15) is 16.3 Å². The van der Waals surface area contributed by atoms with Crippen LogP contribution < -0.4 is 20.8 Å². The molecular formula is C25H25N3O5S. The predicted molar refractivity (Wildman–Crippen MR) is 131 cm³/mol. The number of methoxy groups -OCH3 is 2. The third-order valence-electron chi connectivity index (χ3n) is 5.73. The monoisotopic (exact) mass is 479 g/mol. The number of fused-ring (bicyclic) bond motifs is 3. The molecule has 4 aromatic rings. The third-order valence-corrected chi connectivity index (χ3v) is 6.91. The molecule has 0 unspecified atom stereocenters. The van der Waals surface area contributed by atoms with Crippen molar-refractivity contribution in [2.75, 3.05) is 14.2 Å². The molecule has 8 nitrogen and oxygen atoms in total. The molecule has 1 aliphatic rings. The molecule has 0 saturated carbocycles. The van der Waals surface area contributed by atoms with E-state index in [4.69, 9.17) is 20.3 Å². The Morgan fingerprint density at radius 3 is 2.09 bits per heavy atom. The normalized spacial score (nSPS) is 12.2. The summed E-state index contributed by atoms with van der Waals surface area (Å²) in [6, 6.07) is 15.4. The van der Waals surface area contributed by atoms with Crippen LogP contribution >= 0.6 is 11.3 Å². The summed E-state index contributed by atoms with van der Waals surface area (Å²) in [5, 5.41) is 9.37. The molecule has 2 aromatic carbocycles. The number of aromatic amines is 1. The Kier molecular flexibility index (Phi) is 6.95. The number of hydrogen-bond donors (Lipinski definition) is 3. The highest BCUT2D eigenvalue weighted by molar-refractivity contribution is 7.18. The van der Waals surface area contributed by atoms with E-state index < -0.39 is 5.97 Å². The molecule has 34 heavy (non-hydrogen) atoms. The van der Waals surface area contributed by atoms with Gasteiger partial charge in [0, 0.05) is 4.88 Å². The minimum Gasteiger partial charge on any atom is -0.497 e. The van der Waals surface area contributed by atoms with Crippen molar-refractivity contribution in [3.05, 3.63) is 86.3 Å². The van der Waals surface area contributed by atoms with Crippen molar-refractivity contribution < 1.29 is 19.4 Å². The van der Waals surface area contributed by atoms with Crippen molar-refractivity contribution in [3.8, 4) is 11.5 Å². The summed E-state index contributed by atoms with van der Waals surface area (Å²) in [5.74, 6) is 0.186. The molecule has 2 heterocycles. The number of benzene rings is 2. The maximum absolute atomic E-state index is 11.8. The first-order valence-corrected chi connectivity index (χ1v) is 11.5. The van der Waals surface area contributed by atoms with Gasteiger partial charge in [-0.05, 0) is 60.2 Å². The largest absolute Gasteiger partial charge is 0.497 e. The number of ether oxygens (including phenoxy) is 2. The first kappa shape index (κ1) is 23.5. The third kappa shape index (κ3) is 4.80. The van der Waals surface area contributed by atoms with Crippen LogP contribution in [0.4, 0.5) is 0 Å². The standard InChI is InChI=1S/C15H17NO2.C10H8N2O3S/c1-17-13-7-3-11(4-8-13)15(16)12-5-9-14(18-2)10-6-12;13-8-6-4-2-1-3-5(4)16-9(6)12-7(11-8)10(14)15/h3-10,15H,16H2,1-2H3;1-3H2,(H,14,15)(H,11,12,13). The topological polar surface area (TPSA) is 128 Å². The van der Waals surface area contributed by atoms with Crippen LogP contribution in [0, 0.1) is 0 Å². The average Bonchev–Trinajstić information content (AvgIpc) is 3.45. The molecule has 1 aliphatic carbocycles. The fourth-order valence-electron chi connectivity index (χ4n) is 3.92. The van der Waals surface area contributed by atoms with E-state index >= 15 is 0 Å². The van der Waals surface area contributed by atoms with Crippen molar-refractivity contribution in [2.45, 2.75) is 25.3 Å². The lowest BCUT2D eigenvalue weighted by molar-refractivity contribution is 0.0683. The number of aromatic carboxylic acids is 1. The van der Waals surface area contributed by atoms with Crippen molar-refractivity contribution in [3.63, 3.8) is 0 Å². The molecule has 0 saturated heterocycles. The Bertz CT molecular complexity index is 1310. The summed E-state index contributed by atoms with van der Waals surface area (Å²) in [4.78, 5) is 30.5. The van der Waals surface area contributed by atoms with Crippen molar-refractivity contribution >= 4 is 27.5 Å². The van der Waals surface area contributed by atoms with Crippen LogP contribution in [0.5, 0.6) is 11.5 Å². The van der Waals surface area contributed by atoms with Gasteiger partial charge in [-0.1, -0.05) is 24.3 Å². The number of aromatic nitrogens is 2. The van der Waals surface area contributed by atoms with E-state index in [-0.39, 0.29) is 17.4 Å². The van der Waals surface area contributed by atoms with Crippen LogP contribution in [0.1, 0.15) is 44.6 Å². The molecule has 176 valence electrons. The highest BCUT2D eigenvalue weighted by Crippen LogP contribution is 2.34. The Hall–Kier alpha value is -3.69. The van der Waals surface area contributed by atoms with Gasteiger partial charge in [0.05, 0.1) is 25.6 Å². The molecule has 5 rings (SSSR count). The molecule has 0 fully saturated rings. The number of nitrogens with two attached hydrogens (primary N) is 1. The van der Waals surface area contributed by atoms with Gasteiger partial charge < -0.3 is 25.3 Å². The smallest absolute Gasteiger partial charge is 0.372 e.